The van der Waals surface area contributed by atoms with Gasteiger partial charge in [0.1, 0.15) is 12.3 Å². The molecule has 112 valence electrons. The highest BCUT2D eigenvalue weighted by Crippen LogP contribution is 2.48. The maximum absolute atomic E-state index is 12.2. The summed E-state index contributed by atoms with van der Waals surface area (Å²) in [7, 11) is 1.69. The highest BCUT2D eigenvalue weighted by molar-refractivity contribution is 5.94. The molecule has 0 radical (unpaired) electrons. The fourth-order valence-electron chi connectivity index (χ4n) is 2.18. The molecular weight excluding hydrogens is 268 g/mol. The molecule has 1 aromatic rings. The molecule has 0 unspecified atom stereocenters. The lowest BCUT2D eigenvalue weighted by Gasteiger charge is -2.15. The number of aromatic nitrogens is 1. The molecule has 0 aliphatic heterocycles. The van der Waals surface area contributed by atoms with Crippen LogP contribution in [-0.2, 0) is 4.74 Å². The molecule has 0 saturated heterocycles. The van der Waals surface area contributed by atoms with E-state index in [-0.39, 0.29) is 17.9 Å². The van der Waals surface area contributed by atoms with E-state index in [0.29, 0.717) is 24.4 Å². The predicted octanol–water partition coefficient (Wildman–Crippen LogP) is 0.972. The van der Waals surface area contributed by atoms with Crippen molar-refractivity contribution in [1.29, 1.82) is 0 Å². The van der Waals surface area contributed by atoms with Gasteiger partial charge in [0.05, 0.1) is 5.56 Å². The van der Waals surface area contributed by atoms with Gasteiger partial charge in [-0.05, 0) is 36.8 Å². The number of nitrogens with one attached hydrogen (secondary N) is 1. The Labute approximate surface area is 124 Å². The molecule has 21 heavy (non-hydrogen) atoms. The van der Waals surface area contributed by atoms with Gasteiger partial charge >= 0.3 is 0 Å². The van der Waals surface area contributed by atoms with E-state index in [1.54, 1.807) is 25.4 Å². The Morgan fingerprint density at radius 1 is 1.57 bits per heavy atom. The summed E-state index contributed by atoms with van der Waals surface area (Å²) >= 11 is 0. The lowest BCUT2D eigenvalue weighted by molar-refractivity contribution is 0.0932. The highest BCUT2D eigenvalue weighted by Gasteiger charge is 2.42. The van der Waals surface area contributed by atoms with Gasteiger partial charge in [0.15, 0.2) is 0 Å². The molecule has 1 fully saturated rings. The zero-order valence-electron chi connectivity index (χ0n) is 12.2. The molecule has 1 aliphatic carbocycles. The molecule has 1 aromatic heterocycles. The van der Waals surface area contributed by atoms with Crippen molar-refractivity contribution < 1.29 is 14.6 Å². The molecule has 1 heterocycles. The molecule has 0 bridgehead atoms. The van der Waals surface area contributed by atoms with Gasteiger partial charge in [0, 0.05) is 26.5 Å². The summed E-state index contributed by atoms with van der Waals surface area (Å²) in [5.74, 6) is 5.07. The molecule has 0 spiro atoms. The number of ether oxygens (including phenoxy) is 1. The summed E-state index contributed by atoms with van der Waals surface area (Å²) in [6.45, 7) is 1.11. The first-order valence-corrected chi connectivity index (χ1v) is 7.03. The third-order valence-corrected chi connectivity index (χ3v) is 3.74. The Morgan fingerprint density at radius 2 is 2.38 bits per heavy atom. The minimum absolute atomic E-state index is 0.192. The third kappa shape index (κ3) is 4.28. The number of aliphatic hydroxyl groups is 1. The summed E-state index contributed by atoms with van der Waals surface area (Å²) in [5.41, 5.74) is 1.03. The summed E-state index contributed by atoms with van der Waals surface area (Å²) in [5, 5.41) is 11.7. The first-order chi connectivity index (χ1) is 10.2. The first-order valence-electron chi connectivity index (χ1n) is 7.03. The Balaban J connectivity index is 1.98. The Bertz CT molecular complexity index is 556. The van der Waals surface area contributed by atoms with Crippen molar-refractivity contribution >= 4 is 5.91 Å². The molecule has 2 N–H and O–H groups in total. The minimum Gasteiger partial charge on any atom is -0.385 e. The van der Waals surface area contributed by atoms with Crippen LogP contribution in [0.3, 0.4) is 0 Å². The average Bonchev–Trinajstić information content (AvgIpc) is 3.29. The zero-order chi connectivity index (χ0) is 15.1. The number of amides is 1. The zero-order valence-corrected chi connectivity index (χ0v) is 12.2. The number of hydrogen-bond acceptors (Lipinski definition) is 4. The van der Waals surface area contributed by atoms with Crippen molar-refractivity contribution in [2.24, 2.45) is 5.41 Å². The molecule has 1 aliphatic rings. The predicted molar refractivity (Wildman–Crippen MR) is 78.7 cm³/mol. The van der Waals surface area contributed by atoms with Crippen LogP contribution in [0.15, 0.2) is 18.3 Å². The van der Waals surface area contributed by atoms with Gasteiger partial charge < -0.3 is 15.2 Å². The van der Waals surface area contributed by atoms with E-state index in [9.17, 15) is 4.79 Å². The van der Waals surface area contributed by atoms with Gasteiger partial charge in [-0.15, -0.1) is 0 Å². The highest BCUT2D eigenvalue weighted by atomic mass is 16.5. The fraction of sp³-hybridized carbons (Fsp3) is 0.500. The van der Waals surface area contributed by atoms with Crippen LogP contribution in [0.1, 0.15) is 35.3 Å². The van der Waals surface area contributed by atoms with Crippen LogP contribution in [0.4, 0.5) is 0 Å². The van der Waals surface area contributed by atoms with Crippen molar-refractivity contribution in [2.75, 3.05) is 26.9 Å². The average molecular weight is 288 g/mol. The molecule has 5 heteroatoms. The van der Waals surface area contributed by atoms with Crippen LogP contribution in [0.2, 0.25) is 0 Å². The van der Waals surface area contributed by atoms with Crippen molar-refractivity contribution in [3.63, 3.8) is 0 Å². The minimum atomic E-state index is -0.240. The number of nitrogens with zero attached hydrogens (tertiary/aromatic N) is 1. The maximum Gasteiger partial charge on any atom is 0.271 e. The van der Waals surface area contributed by atoms with E-state index in [1.807, 2.05) is 0 Å². The lowest BCUT2D eigenvalue weighted by atomic mass is 10.0. The normalized spacial score (nSPS) is 15.0. The second-order valence-electron chi connectivity index (χ2n) is 5.28. The summed E-state index contributed by atoms with van der Waals surface area (Å²) in [4.78, 5) is 16.3. The summed E-state index contributed by atoms with van der Waals surface area (Å²) in [6, 6.07) is 3.45. The number of rotatable bonds is 6. The summed E-state index contributed by atoms with van der Waals surface area (Å²) in [6.07, 6.45) is 4.77. The fourth-order valence-corrected chi connectivity index (χ4v) is 2.18. The number of methoxy groups -OCH3 is 1. The van der Waals surface area contributed by atoms with Gasteiger partial charge in [0.2, 0.25) is 0 Å². The number of pyridine rings is 1. The standard InChI is InChI=1S/C16H20N2O3/c1-21-11-8-16(6-7-16)12-18-15(20)14-13(5-3-10-19)4-2-9-17-14/h2,4,9,19H,6-8,10-12H2,1H3,(H,18,20). The molecule has 0 atom stereocenters. The van der Waals surface area contributed by atoms with Crippen molar-refractivity contribution in [3.8, 4) is 11.8 Å². The van der Waals surface area contributed by atoms with Gasteiger partial charge in [0.25, 0.3) is 5.91 Å². The van der Waals surface area contributed by atoms with E-state index >= 15 is 0 Å². The smallest absolute Gasteiger partial charge is 0.271 e. The van der Waals surface area contributed by atoms with Crippen LogP contribution in [-0.4, -0.2) is 42.9 Å². The van der Waals surface area contributed by atoms with Crippen LogP contribution in [0.25, 0.3) is 0 Å². The van der Waals surface area contributed by atoms with Crippen molar-refractivity contribution in [2.45, 2.75) is 19.3 Å². The number of hydrogen-bond donors (Lipinski definition) is 2. The third-order valence-electron chi connectivity index (χ3n) is 3.74. The molecular formula is C16H20N2O3. The van der Waals surface area contributed by atoms with Gasteiger partial charge in [-0.2, -0.15) is 0 Å². The Kier molecular flexibility index (Phi) is 5.32. The monoisotopic (exact) mass is 288 g/mol. The van der Waals surface area contributed by atoms with E-state index in [4.69, 9.17) is 9.84 Å². The molecule has 5 nitrogen and oxygen atoms in total. The van der Waals surface area contributed by atoms with E-state index in [2.05, 4.69) is 22.1 Å². The number of carbonyl (C=O) groups is 1. The van der Waals surface area contributed by atoms with Gasteiger partial charge in [-0.3, -0.25) is 4.79 Å². The molecule has 1 amide bonds. The van der Waals surface area contributed by atoms with Crippen LogP contribution < -0.4 is 5.32 Å². The van der Waals surface area contributed by atoms with Crippen LogP contribution in [0, 0.1) is 17.3 Å². The van der Waals surface area contributed by atoms with E-state index in [0.717, 1.165) is 19.3 Å². The topological polar surface area (TPSA) is 71.5 Å². The van der Waals surface area contributed by atoms with Crippen molar-refractivity contribution in [1.82, 2.24) is 10.3 Å². The van der Waals surface area contributed by atoms with Crippen LogP contribution in [0.5, 0.6) is 0 Å². The Hall–Kier alpha value is -1.90. The van der Waals surface area contributed by atoms with E-state index < -0.39 is 0 Å². The van der Waals surface area contributed by atoms with E-state index in [1.165, 1.54) is 0 Å². The quantitative estimate of drug-likeness (QED) is 0.765. The lowest BCUT2D eigenvalue weighted by Crippen LogP contribution is -2.31. The largest absolute Gasteiger partial charge is 0.385 e. The Morgan fingerprint density at radius 3 is 3.05 bits per heavy atom. The summed E-state index contributed by atoms with van der Waals surface area (Å²) < 4.78 is 5.11. The van der Waals surface area contributed by atoms with Crippen molar-refractivity contribution in [3.05, 3.63) is 29.6 Å². The second-order valence-corrected chi connectivity index (χ2v) is 5.28. The molecule has 2 rings (SSSR count). The van der Waals surface area contributed by atoms with Crippen LogP contribution >= 0.6 is 0 Å². The SMILES string of the molecule is COCCC1(CNC(=O)c2ncccc2C#CCO)CC1. The molecule has 1 saturated carbocycles. The maximum atomic E-state index is 12.2. The van der Waals surface area contributed by atoms with Gasteiger partial charge in [-0.25, -0.2) is 4.98 Å². The second kappa shape index (κ2) is 7.21. The molecule has 0 aromatic carbocycles. The number of carbonyl (C=O) groups excluding carboxylic acids is 1. The first kappa shape index (κ1) is 15.5. The van der Waals surface area contributed by atoms with Gasteiger partial charge in [-0.1, -0.05) is 11.8 Å². The number of aliphatic hydroxyl groups excluding tert-OH is 1.